The Morgan fingerprint density at radius 2 is 2.27 bits per heavy atom. The van der Waals surface area contributed by atoms with Gasteiger partial charge in [0.05, 0.1) is 18.3 Å². The molecule has 1 aliphatic heterocycles. The quantitative estimate of drug-likeness (QED) is 0.886. The van der Waals surface area contributed by atoms with Gasteiger partial charge in [-0.3, -0.25) is 4.79 Å². The van der Waals surface area contributed by atoms with Gasteiger partial charge in [0.25, 0.3) is 5.56 Å². The summed E-state index contributed by atoms with van der Waals surface area (Å²) in [6.07, 6.45) is 1.97. The summed E-state index contributed by atoms with van der Waals surface area (Å²) in [7, 11) is 1.85. The minimum atomic E-state index is -0.121. The highest BCUT2D eigenvalue weighted by molar-refractivity contribution is 7.13. The lowest BCUT2D eigenvalue weighted by Gasteiger charge is -2.12. The topological polar surface area (TPSA) is 70.2 Å². The number of anilines is 1. The monoisotopic (exact) mass is 320 g/mol. The standard InChI is InChI=1S/C15H20N4O2S/c1-4-6-9-11-12(19(3)18-9)15(20)17-14(16-11)13-10(21-5-2)7-8-22-13/h7-9,18H,4-6H2,1-3H3,(H,16,17,20). The van der Waals surface area contributed by atoms with E-state index >= 15 is 0 Å². The van der Waals surface area contributed by atoms with Gasteiger partial charge in [0.2, 0.25) is 0 Å². The zero-order valence-electron chi connectivity index (χ0n) is 13.0. The second-order valence-electron chi connectivity index (χ2n) is 5.22. The van der Waals surface area contributed by atoms with Gasteiger partial charge in [-0.05, 0) is 24.8 Å². The first-order chi connectivity index (χ1) is 10.7. The first-order valence-electron chi connectivity index (χ1n) is 7.50. The Morgan fingerprint density at radius 1 is 1.45 bits per heavy atom. The molecule has 1 atom stereocenters. The Bertz CT molecular complexity index is 725. The van der Waals surface area contributed by atoms with Crippen LogP contribution in [-0.2, 0) is 0 Å². The third-order valence-electron chi connectivity index (χ3n) is 3.66. The average Bonchev–Trinajstić information content (AvgIpc) is 3.05. The van der Waals surface area contributed by atoms with Crippen molar-refractivity contribution in [2.45, 2.75) is 32.7 Å². The summed E-state index contributed by atoms with van der Waals surface area (Å²) in [5, 5.41) is 3.71. The highest BCUT2D eigenvalue weighted by Gasteiger charge is 2.30. The highest BCUT2D eigenvalue weighted by atomic mass is 32.1. The molecular formula is C15H20N4O2S. The SMILES string of the molecule is CCCC1NN(C)c2c1nc(-c1sccc1OCC)[nH]c2=O. The fourth-order valence-corrected chi connectivity index (χ4v) is 3.53. The van der Waals surface area contributed by atoms with E-state index in [-0.39, 0.29) is 11.6 Å². The van der Waals surface area contributed by atoms with Gasteiger partial charge in [-0.15, -0.1) is 11.3 Å². The molecule has 0 saturated heterocycles. The fraction of sp³-hybridized carbons (Fsp3) is 0.467. The van der Waals surface area contributed by atoms with Gasteiger partial charge in [-0.1, -0.05) is 13.3 Å². The maximum Gasteiger partial charge on any atom is 0.276 e. The molecule has 1 aliphatic rings. The smallest absolute Gasteiger partial charge is 0.276 e. The van der Waals surface area contributed by atoms with Crippen molar-refractivity contribution in [1.82, 2.24) is 15.4 Å². The second-order valence-corrected chi connectivity index (χ2v) is 6.14. The van der Waals surface area contributed by atoms with Crippen molar-refractivity contribution in [3.05, 3.63) is 27.5 Å². The minimum absolute atomic E-state index is 0.0848. The molecule has 0 saturated carbocycles. The number of hydrazine groups is 1. The number of ether oxygens (including phenoxy) is 1. The molecule has 2 aromatic heterocycles. The summed E-state index contributed by atoms with van der Waals surface area (Å²) in [5.41, 5.74) is 4.60. The third kappa shape index (κ3) is 2.50. The first-order valence-corrected chi connectivity index (χ1v) is 8.38. The van der Waals surface area contributed by atoms with Crippen molar-refractivity contribution in [3.63, 3.8) is 0 Å². The number of nitrogens with one attached hydrogen (secondary N) is 2. The van der Waals surface area contributed by atoms with Crippen LogP contribution in [0.5, 0.6) is 5.75 Å². The number of hydrogen-bond donors (Lipinski definition) is 2. The average molecular weight is 320 g/mol. The van der Waals surface area contributed by atoms with E-state index in [2.05, 4.69) is 17.3 Å². The van der Waals surface area contributed by atoms with Crippen LogP contribution in [-0.4, -0.2) is 23.6 Å². The number of hydrogen-bond acceptors (Lipinski definition) is 6. The van der Waals surface area contributed by atoms with E-state index in [1.54, 1.807) is 5.01 Å². The maximum atomic E-state index is 12.4. The Morgan fingerprint density at radius 3 is 3.00 bits per heavy atom. The molecule has 0 aliphatic carbocycles. The van der Waals surface area contributed by atoms with Gasteiger partial charge in [0, 0.05) is 7.05 Å². The van der Waals surface area contributed by atoms with E-state index in [9.17, 15) is 4.79 Å². The Balaban J connectivity index is 2.08. The van der Waals surface area contributed by atoms with E-state index in [0.717, 1.165) is 29.2 Å². The number of fused-ring (bicyclic) bond motifs is 1. The minimum Gasteiger partial charge on any atom is -0.492 e. The molecular weight excluding hydrogens is 300 g/mol. The molecule has 3 rings (SSSR count). The van der Waals surface area contributed by atoms with Crippen molar-refractivity contribution >= 4 is 17.0 Å². The molecule has 0 spiro atoms. The molecule has 2 N–H and O–H groups in total. The molecule has 7 heteroatoms. The highest BCUT2D eigenvalue weighted by Crippen LogP contribution is 2.36. The van der Waals surface area contributed by atoms with E-state index in [1.165, 1.54) is 11.3 Å². The zero-order valence-corrected chi connectivity index (χ0v) is 13.8. The normalized spacial score (nSPS) is 16.9. The van der Waals surface area contributed by atoms with E-state index < -0.39 is 0 Å². The fourth-order valence-electron chi connectivity index (χ4n) is 2.75. The lowest BCUT2D eigenvalue weighted by Crippen LogP contribution is -2.32. The maximum absolute atomic E-state index is 12.4. The molecule has 0 aromatic carbocycles. The third-order valence-corrected chi connectivity index (χ3v) is 4.56. The molecule has 0 bridgehead atoms. The summed E-state index contributed by atoms with van der Waals surface area (Å²) >= 11 is 1.52. The van der Waals surface area contributed by atoms with Crippen LogP contribution in [0.1, 0.15) is 38.4 Å². The predicted molar refractivity (Wildman–Crippen MR) is 88.5 cm³/mol. The van der Waals surface area contributed by atoms with Gasteiger partial charge in [0.15, 0.2) is 5.82 Å². The molecule has 118 valence electrons. The van der Waals surface area contributed by atoms with Crippen LogP contribution in [0.25, 0.3) is 10.7 Å². The van der Waals surface area contributed by atoms with Crippen molar-refractivity contribution in [2.24, 2.45) is 0 Å². The van der Waals surface area contributed by atoms with Crippen LogP contribution in [0, 0.1) is 0 Å². The van der Waals surface area contributed by atoms with Crippen molar-refractivity contribution in [2.75, 3.05) is 18.7 Å². The predicted octanol–water partition coefficient (Wildman–Crippen LogP) is 2.69. The summed E-state index contributed by atoms with van der Waals surface area (Å²) < 4.78 is 5.61. The number of thiophene rings is 1. The van der Waals surface area contributed by atoms with Gasteiger partial charge in [-0.25, -0.2) is 10.4 Å². The van der Waals surface area contributed by atoms with Crippen LogP contribution in [0.4, 0.5) is 5.69 Å². The van der Waals surface area contributed by atoms with E-state index in [4.69, 9.17) is 9.72 Å². The lowest BCUT2D eigenvalue weighted by atomic mass is 10.1. The zero-order chi connectivity index (χ0) is 15.7. The molecule has 0 radical (unpaired) electrons. The van der Waals surface area contributed by atoms with Crippen LogP contribution >= 0.6 is 11.3 Å². The lowest BCUT2D eigenvalue weighted by molar-refractivity contribution is 0.343. The molecule has 2 aromatic rings. The largest absolute Gasteiger partial charge is 0.492 e. The van der Waals surface area contributed by atoms with Gasteiger partial charge in [-0.2, -0.15) is 0 Å². The van der Waals surface area contributed by atoms with Gasteiger partial charge >= 0.3 is 0 Å². The number of H-pyrrole nitrogens is 1. The number of nitrogens with zero attached hydrogens (tertiary/aromatic N) is 2. The molecule has 1 unspecified atom stereocenters. The van der Waals surface area contributed by atoms with E-state index in [1.807, 2.05) is 25.4 Å². The van der Waals surface area contributed by atoms with Crippen LogP contribution < -0.4 is 20.7 Å². The van der Waals surface area contributed by atoms with E-state index in [0.29, 0.717) is 18.1 Å². The number of aromatic nitrogens is 2. The Hall–Kier alpha value is -1.86. The molecule has 22 heavy (non-hydrogen) atoms. The Labute approximate surface area is 133 Å². The number of aromatic amines is 1. The van der Waals surface area contributed by atoms with Crippen molar-refractivity contribution in [1.29, 1.82) is 0 Å². The first kappa shape index (κ1) is 15.1. The molecule has 3 heterocycles. The van der Waals surface area contributed by atoms with Crippen molar-refractivity contribution in [3.8, 4) is 16.5 Å². The summed E-state index contributed by atoms with van der Waals surface area (Å²) in [6, 6.07) is 1.99. The van der Waals surface area contributed by atoms with Gasteiger partial charge in [0.1, 0.15) is 16.3 Å². The van der Waals surface area contributed by atoms with Crippen LogP contribution in [0.3, 0.4) is 0 Å². The van der Waals surface area contributed by atoms with Crippen LogP contribution in [0.2, 0.25) is 0 Å². The Kier molecular flexibility index (Phi) is 4.17. The summed E-state index contributed by atoms with van der Waals surface area (Å²) in [4.78, 5) is 20.9. The summed E-state index contributed by atoms with van der Waals surface area (Å²) in [5.74, 6) is 1.35. The van der Waals surface area contributed by atoms with Crippen molar-refractivity contribution < 1.29 is 4.74 Å². The second kappa shape index (κ2) is 6.10. The number of rotatable bonds is 5. The molecule has 0 fully saturated rings. The molecule has 0 amide bonds. The van der Waals surface area contributed by atoms with Crippen LogP contribution in [0.15, 0.2) is 16.2 Å². The summed E-state index contributed by atoms with van der Waals surface area (Å²) in [6.45, 7) is 4.65. The molecule has 6 nitrogen and oxygen atoms in total. The van der Waals surface area contributed by atoms with Gasteiger partial charge < -0.3 is 14.7 Å².